The summed E-state index contributed by atoms with van der Waals surface area (Å²) >= 11 is 0. The van der Waals surface area contributed by atoms with E-state index in [4.69, 9.17) is 6.57 Å². The number of nitriles is 2. The van der Waals surface area contributed by atoms with E-state index in [2.05, 4.69) is 111 Å². The lowest BCUT2D eigenvalue weighted by Gasteiger charge is -2.15. The molecular formula is C45H25N5. The van der Waals surface area contributed by atoms with Gasteiger partial charge in [-0.3, -0.25) is 0 Å². The molecule has 0 N–H and O–H groups in total. The van der Waals surface area contributed by atoms with Crippen molar-refractivity contribution in [3.05, 3.63) is 174 Å². The van der Waals surface area contributed by atoms with Crippen molar-refractivity contribution in [2.75, 3.05) is 0 Å². The van der Waals surface area contributed by atoms with Crippen molar-refractivity contribution in [3.63, 3.8) is 0 Å². The van der Waals surface area contributed by atoms with Gasteiger partial charge in [0, 0.05) is 21.7 Å². The molecule has 0 radical (unpaired) electrons. The molecule has 0 saturated carbocycles. The third kappa shape index (κ3) is 4.38. The lowest BCUT2D eigenvalue weighted by molar-refractivity contribution is 1.17. The second-order valence-corrected chi connectivity index (χ2v) is 12.3. The third-order valence-electron chi connectivity index (χ3n) is 9.62. The quantitative estimate of drug-likeness (QED) is 0.181. The number of hydrogen-bond acceptors (Lipinski definition) is 2. The van der Waals surface area contributed by atoms with Crippen LogP contribution in [0.4, 0.5) is 5.69 Å². The molecule has 0 saturated heterocycles. The predicted molar refractivity (Wildman–Crippen MR) is 202 cm³/mol. The molecule has 0 aliphatic heterocycles. The van der Waals surface area contributed by atoms with Crippen LogP contribution in [0, 0.1) is 29.2 Å². The first-order valence-electron chi connectivity index (χ1n) is 16.3. The summed E-state index contributed by atoms with van der Waals surface area (Å²) in [6.45, 7) is 7.58. The lowest BCUT2D eigenvalue weighted by Crippen LogP contribution is -1.98. The number of aromatic nitrogens is 2. The first kappa shape index (κ1) is 28.8. The summed E-state index contributed by atoms with van der Waals surface area (Å²) in [4.78, 5) is 3.66. The maximum absolute atomic E-state index is 10.4. The van der Waals surface area contributed by atoms with Crippen molar-refractivity contribution >= 4 is 49.3 Å². The summed E-state index contributed by atoms with van der Waals surface area (Å²) in [6.07, 6.45) is 0. The predicted octanol–water partition coefficient (Wildman–Crippen LogP) is 11.5. The molecule has 2 heterocycles. The van der Waals surface area contributed by atoms with Crippen molar-refractivity contribution in [1.82, 2.24) is 9.13 Å². The minimum Gasteiger partial charge on any atom is -0.309 e. The van der Waals surface area contributed by atoms with E-state index >= 15 is 0 Å². The van der Waals surface area contributed by atoms with Gasteiger partial charge in [-0.1, -0.05) is 91.0 Å². The van der Waals surface area contributed by atoms with Gasteiger partial charge < -0.3 is 9.13 Å². The van der Waals surface area contributed by atoms with Gasteiger partial charge in [0.2, 0.25) is 0 Å². The van der Waals surface area contributed by atoms with Gasteiger partial charge >= 0.3 is 0 Å². The lowest BCUT2D eigenvalue weighted by atomic mass is 9.97. The second kappa shape index (κ2) is 11.4. The van der Waals surface area contributed by atoms with Crippen molar-refractivity contribution in [2.24, 2.45) is 0 Å². The topological polar surface area (TPSA) is 61.8 Å². The highest BCUT2D eigenvalue weighted by Gasteiger charge is 2.18. The Bertz CT molecular complexity index is 2830. The van der Waals surface area contributed by atoms with Crippen molar-refractivity contribution < 1.29 is 0 Å². The van der Waals surface area contributed by atoms with Gasteiger partial charge in [-0.2, -0.15) is 10.5 Å². The standard InChI is InChI=1S/C45H25N5/c1-48-34-20-23-45-39(26-34)38-24-29(27-46)14-21-44(38)50(45)41-11-5-2-8-35(41)31-17-15-30(16-18-31)32-19-22-40(33(25-32)28-47)49-42-12-6-3-9-36(42)37-10-4-7-13-43(37)49/h2-26H. The molecule has 2 aromatic heterocycles. The molecule has 9 rings (SSSR count). The largest absolute Gasteiger partial charge is 0.309 e. The molecule has 0 aliphatic carbocycles. The van der Waals surface area contributed by atoms with Crippen molar-refractivity contribution in [2.45, 2.75) is 0 Å². The van der Waals surface area contributed by atoms with Crippen molar-refractivity contribution in [3.8, 4) is 45.8 Å². The Kier molecular flexibility index (Phi) is 6.56. The molecule has 9 aromatic rings. The van der Waals surface area contributed by atoms with Crippen molar-refractivity contribution in [1.29, 1.82) is 10.5 Å². The van der Waals surface area contributed by atoms with Crippen LogP contribution in [0.1, 0.15) is 11.1 Å². The monoisotopic (exact) mass is 635 g/mol. The molecule has 0 fully saturated rings. The highest BCUT2D eigenvalue weighted by Crippen LogP contribution is 2.39. The summed E-state index contributed by atoms with van der Waals surface area (Å²) in [5.74, 6) is 0. The Labute approximate surface area is 288 Å². The van der Waals surface area contributed by atoms with E-state index in [0.717, 1.165) is 77.2 Å². The van der Waals surface area contributed by atoms with Crippen LogP contribution >= 0.6 is 0 Å². The van der Waals surface area contributed by atoms with Crippen LogP contribution in [-0.4, -0.2) is 9.13 Å². The average molecular weight is 636 g/mol. The highest BCUT2D eigenvalue weighted by atomic mass is 15.0. The van der Waals surface area contributed by atoms with Crippen LogP contribution in [0.15, 0.2) is 152 Å². The highest BCUT2D eigenvalue weighted by molar-refractivity contribution is 6.11. The van der Waals surface area contributed by atoms with Gasteiger partial charge in [0.15, 0.2) is 5.69 Å². The number of hydrogen-bond donors (Lipinski definition) is 0. The van der Waals surface area contributed by atoms with Crippen LogP contribution < -0.4 is 0 Å². The Balaban J connectivity index is 1.14. The van der Waals surface area contributed by atoms with Crippen LogP contribution in [0.3, 0.4) is 0 Å². The summed E-state index contributed by atoms with van der Waals surface area (Å²) in [5.41, 5.74) is 11.8. The fraction of sp³-hybridized carbons (Fsp3) is 0. The SMILES string of the molecule is [C-]#[N+]c1ccc2c(c1)c1cc(C#N)ccc1n2-c1ccccc1-c1ccc(-c2ccc(-n3c4ccccc4c4ccccc43)c(C#N)c2)cc1. The maximum Gasteiger partial charge on any atom is 0.188 e. The summed E-state index contributed by atoms with van der Waals surface area (Å²) in [6, 6.07) is 55.7. The minimum atomic E-state index is 0.561. The molecule has 0 amide bonds. The summed E-state index contributed by atoms with van der Waals surface area (Å²) in [5, 5.41) is 24.2. The summed E-state index contributed by atoms with van der Waals surface area (Å²) < 4.78 is 4.40. The van der Waals surface area contributed by atoms with E-state index < -0.39 is 0 Å². The molecule has 5 nitrogen and oxygen atoms in total. The Morgan fingerprint density at radius 3 is 1.74 bits per heavy atom. The smallest absolute Gasteiger partial charge is 0.188 e. The van der Waals surface area contributed by atoms with Gasteiger partial charge in [-0.15, -0.1) is 0 Å². The fourth-order valence-electron chi connectivity index (χ4n) is 7.35. The van der Waals surface area contributed by atoms with Gasteiger partial charge in [-0.05, 0) is 82.7 Å². The summed E-state index contributed by atoms with van der Waals surface area (Å²) in [7, 11) is 0. The van der Waals surface area contributed by atoms with E-state index in [1.807, 2.05) is 66.7 Å². The second-order valence-electron chi connectivity index (χ2n) is 12.3. The van der Waals surface area contributed by atoms with E-state index in [1.165, 1.54) is 0 Å². The zero-order valence-corrected chi connectivity index (χ0v) is 26.7. The van der Waals surface area contributed by atoms with Gasteiger partial charge in [0.05, 0.1) is 57.2 Å². The number of benzene rings is 7. The molecule has 50 heavy (non-hydrogen) atoms. The van der Waals surface area contributed by atoms with Gasteiger partial charge in [0.25, 0.3) is 0 Å². The third-order valence-corrected chi connectivity index (χ3v) is 9.62. The van der Waals surface area contributed by atoms with E-state index in [9.17, 15) is 10.5 Å². The zero-order chi connectivity index (χ0) is 33.8. The number of nitrogens with zero attached hydrogens (tertiary/aromatic N) is 5. The molecular weight excluding hydrogens is 611 g/mol. The van der Waals surface area contributed by atoms with Crippen LogP contribution in [-0.2, 0) is 0 Å². The van der Waals surface area contributed by atoms with E-state index in [0.29, 0.717) is 16.8 Å². The number of para-hydroxylation sites is 3. The average Bonchev–Trinajstić information content (AvgIpc) is 3.69. The number of rotatable bonds is 4. The molecule has 0 spiro atoms. The van der Waals surface area contributed by atoms with E-state index in [-0.39, 0.29) is 0 Å². The maximum atomic E-state index is 10.4. The number of fused-ring (bicyclic) bond motifs is 6. The molecule has 230 valence electrons. The molecule has 7 aromatic carbocycles. The van der Waals surface area contributed by atoms with Gasteiger partial charge in [-0.25, -0.2) is 4.85 Å². The fourth-order valence-corrected chi connectivity index (χ4v) is 7.35. The zero-order valence-electron chi connectivity index (χ0n) is 26.7. The first-order valence-corrected chi connectivity index (χ1v) is 16.3. The molecule has 0 bridgehead atoms. The van der Waals surface area contributed by atoms with Crippen LogP contribution in [0.5, 0.6) is 0 Å². The molecule has 0 aliphatic rings. The minimum absolute atomic E-state index is 0.561. The Morgan fingerprint density at radius 1 is 0.460 bits per heavy atom. The van der Waals surface area contributed by atoms with Gasteiger partial charge in [0.1, 0.15) is 6.07 Å². The first-order chi connectivity index (χ1) is 24.7. The normalized spacial score (nSPS) is 11.1. The van der Waals surface area contributed by atoms with Crippen LogP contribution in [0.25, 0.3) is 82.1 Å². The molecule has 0 atom stereocenters. The molecule has 0 unspecified atom stereocenters. The van der Waals surface area contributed by atoms with E-state index in [1.54, 1.807) is 0 Å². The van der Waals surface area contributed by atoms with Crippen LogP contribution in [0.2, 0.25) is 0 Å². The Hall–Kier alpha value is -7.39. The molecule has 5 heteroatoms. The Morgan fingerprint density at radius 2 is 1.04 bits per heavy atom.